The van der Waals surface area contributed by atoms with E-state index in [-0.39, 0.29) is 17.6 Å². The molecule has 2 aliphatic rings. The normalized spacial score (nSPS) is 21.5. The summed E-state index contributed by atoms with van der Waals surface area (Å²) in [5.41, 5.74) is 0. The van der Waals surface area contributed by atoms with Crippen LogP contribution in [0, 0.1) is 0 Å². The SMILES string of the molecule is CCNC(=NCCN1CCS(=O)(=O)CC1)N1CCC(Oc2ccccc2)CC1. The summed E-state index contributed by atoms with van der Waals surface area (Å²) in [5, 5.41) is 3.39. The van der Waals surface area contributed by atoms with Crippen molar-refractivity contribution in [2.75, 3.05) is 57.3 Å². The van der Waals surface area contributed by atoms with E-state index in [0.717, 1.165) is 50.7 Å². The van der Waals surface area contributed by atoms with Crippen LogP contribution < -0.4 is 10.1 Å². The van der Waals surface area contributed by atoms with Gasteiger partial charge < -0.3 is 15.0 Å². The van der Waals surface area contributed by atoms with Crippen LogP contribution in [0.25, 0.3) is 0 Å². The zero-order valence-electron chi connectivity index (χ0n) is 16.7. The van der Waals surface area contributed by atoms with Gasteiger partial charge in [-0.1, -0.05) is 18.2 Å². The molecule has 3 rings (SSSR count). The zero-order valence-corrected chi connectivity index (χ0v) is 17.5. The second-order valence-electron chi connectivity index (χ2n) is 7.35. The Morgan fingerprint density at radius 3 is 2.46 bits per heavy atom. The smallest absolute Gasteiger partial charge is 0.193 e. The number of nitrogens with zero attached hydrogens (tertiary/aromatic N) is 3. The molecule has 0 radical (unpaired) electrons. The number of likely N-dealkylation sites (tertiary alicyclic amines) is 1. The Morgan fingerprint density at radius 1 is 1.14 bits per heavy atom. The molecule has 1 N–H and O–H groups in total. The van der Waals surface area contributed by atoms with E-state index in [9.17, 15) is 8.42 Å². The number of rotatable bonds is 6. The molecule has 7 nitrogen and oxygen atoms in total. The summed E-state index contributed by atoms with van der Waals surface area (Å²) in [6.07, 6.45) is 2.20. The molecule has 0 saturated carbocycles. The second kappa shape index (κ2) is 10.1. The molecule has 0 bridgehead atoms. The van der Waals surface area contributed by atoms with Crippen LogP contribution in [-0.4, -0.2) is 87.6 Å². The summed E-state index contributed by atoms with van der Waals surface area (Å²) in [4.78, 5) is 9.27. The standard InChI is InChI=1S/C20H32N4O3S/c1-2-21-20(22-10-13-23-14-16-28(25,26)17-15-23)24-11-8-19(9-12-24)27-18-6-4-3-5-7-18/h3-7,19H,2,8-17H2,1H3,(H,21,22). The molecule has 1 aromatic carbocycles. The number of ether oxygens (including phenoxy) is 1. The van der Waals surface area contributed by atoms with Gasteiger partial charge in [0.1, 0.15) is 11.9 Å². The minimum atomic E-state index is -2.82. The minimum Gasteiger partial charge on any atom is -0.490 e. The molecule has 1 aromatic rings. The largest absolute Gasteiger partial charge is 0.490 e. The number of piperidine rings is 1. The quantitative estimate of drug-likeness (QED) is 0.564. The first-order chi connectivity index (χ1) is 13.6. The number of nitrogens with one attached hydrogen (secondary N) is 1. The fraction of sp³-hybridized carbons (Fsp3) is 0.650. The van der Waals surface area contributed by atoms with E-state index < -0.39 is 9.84 Å². The van der Waals surface area contributed by atoms with Crippen LogP contribution >= 0.6 is 0 Å². The van der Waals surface area contributed by atoms with Crippen molar-refractivity contribution >= 4 is 15.8 Å². The number of aliphatic imine (C=N–C) groups is 1. The van der Waals surface area contributed by atoms with Crippen molar-refractivity contribution in [2.24, 2.45) is 4.99 Å². The van der Waals surface area contributed by atoms with Crippen LogP contribution in [0.4, 0.5) is 0 Å². The summed E-state index contributed by atoms with van der Waals surface area (Å²) < 4.78 is 29.1. The lowest BCUT2D eigenvalue weighted by atomic mass is 10.1. The van der Waals surface area contributed by atoms with Gasteiger partial charge in [-0.2, -0.15) is 0 Å². The van der Waals surface area contributed by atoms with Crippen molar-refractivity contribution < 1.29 is 13.2 Å². The summed E-state index contributed by atoms with van der Waals surface area (Å²) in [6, 6.07) is 10.0. The van der Waals surface area contributed by atoms with Crippen LogP contribution in [0.5, 0.6) is 5.75 Å². The van der Waals surface area contributed by atoms with Crippen LogP contribution in [0.2, 0.25) is 0 Å². The average Bonchev–Trinajstić information content (AvgIpc) is 2.70. The summed E-state index contributed by atoms with van der Waals surface area (Å²) >= 11 is 0. The van der Waals surface area contributed by atoms with Crippen LogP contribution in [0.15, 0.2) is 35.3 Å². The van der Waals surface area contributed by atoms with Gasteiger partial charge in [-0.3, -0.25) is 9.89 Å². The van der Waals surface area contributed by atoms with E-state index in [1.807, 2.05) is 30.3 Å². The Kier molecular flexibility index (Phi) is 7.56. The van der Waals surface area contributed by atoms with E-state index in [1.165, 1.54) is 0 Å². The molecular weight excluding hydrogens is 376 g/mol. The van der Waals surface area contributed by atoms with Crippen molar-refractivity contribution in [3.63, 3.8) is 0 Å². The number of benzene rings is 1. The predicted octanol–water partition coefficient (Wildman–Crippen LogP) is 1.23. The maximum absolute atomic E-state index is 11.5. The van der Waals surface area contributed by atoms with Gasteiger partial charge >= 0.3 is 0 Å². The number of hydrogen-bond acceptors (Lipinski definition) is 5. The molecule has 156 valence electrons. The first-order valence-electron chi connectivity index (χ1n) is 10.2. The summed E-state index contributed by atoms with van der Waals surface area (Å²) in [6.45, 7) is 7.49. The van der Waals surface area contributed by atoms with Crippen LogP contribution in [-0.2, 0) is 9.84 Å². The highest BCUT2D eigenvalue weighted by Gasteiger charge is 2.23. The molecule has 2 aliphatic heterocycles. The van der Waals surface area contributed by atoms with E-state index in [1.54, 1.807) is 0 Å². The lowest BCUT2D eigenvalue weighted by Crippen LogP contribution is -2.48. The maximum atomic E-state index is 11.5. The lowest BCUT2D eigenvalue weighted by Gasteiger charge is -2.34. The average molecular weight is 409 g/mol. The number of sulfone groups is 1. The summed E-state index contributed by atoms with van der Waals surface area (Å²) in [5.74, 6) is 2.42. The van der Waals surface area contributed by atoms with Gasteiger partial charge in [-0.05, 0) is 19.1 Å². The van der Waals surface area contributed by atoms with E-state index in [2.05, 4.69) is 22.0 Å². The Labute approximate surface area is 168 Å². The number of guanidine groups is 1. The maximum Gasteiger partial charge on any atom is 0.193 e. The molecule has 2 heterocycles. The monoisotopic (exact) mass is 408 g/mol. The van der Waals surface area contributed by atoms with Crippen molar-refractivity contribution in [3.8, 4) is 5.75 Å². The van der Waals surface area contributed by atoms with E-state index in [0.29, 0.717) is 19.6 Å². The topological polar surface area (TPSA) is 74.2 Å². The lowest BCUT2D eigenvalue weighted by molar-refractivity contribution is 0.129. The molecule has 0 amide bonds. The molecule has 0 unspecified atom stereocenters. The fourth-order valence-corrected chi connectivity index (χ4v) is 4.85. The Hall–Kier alpha value is -1.80. The molecule has 0 aliphatic carbocycles. The molecule has 2 saturated heterocycles. The highest BCUT2D eigenvalue weighted by Crippen LogP contribution is 2.18. The third-order valence-corrected chi connectivity index (χ3v) is 6.85. The van der Waals surface area contributed by atoms with Crippen molar-refractivity contribution in [2.45, 2.75) is 25.9 Å². The molecule has 28 heavy (non-hydrogen) atoms. The third kappa shape index (κ3) is 6.38. The van der Waals surface area contributed by atoms with Gasteiger partial charge in [-0.15, -0.1) is 0 Å². The molecule has 0 aromatic heterocycles. The Bertz CT molecular complexity index is 717. The van der Waals surface area contributed by atoms with Gasteiger partial charge in [-0.25, -0.2) is 8.42 Å². The van der Waals surface area contributed by atoms with E-state index >= 15 is 0 Å². The highest BCUT2D eigenvalue weighted by atomic mass is 32.2. The zero-order chi connectivity index (χ0) is 19.8. The Morgan fingerprint density at radius 2 is 1.82 bits per heavy atom. The molecule has 8 heteroatoms. The fourth-order valence-electron chi connectivity index (χ4n) is 3.57. The number of para-hydroxylation sites is 1. The molecule has 2 fully saturated rings. The van der Waals surface area contributed by atoms with Gasteiger partial charge in [0.05, 0.1) is 18.1 Å². The second-order valence-corrected chi connectivity index (χ2v) is 9.65. The third-order valence-electron chi connectivity index (χ3n) is 5.24. The van der Waals surface area contributed by atoms with Gasteiger partial charge in [0, 0.05) is 52.1 Å². The summed E-state index contributed by atoms with van der Waals surface area (Å²) in [7, 11) is -2.82. The Balaban J connectivity index is 1.45. The van der Waals surface area contributed by atoms with Gasteiger partial charge in [0.25, 0.3) is 0 Å². The van der Waals surface area contributed by atoms with Crippen molar-refractivity contribution in [1.29, 1.82) is 0 Å². The van der Waals surface area contributed by atoms with Crippen molar-refractivity contribution in [3.05, 3.63) is 30.3 Å². The molecule has 0 spiro atoms. The van der Waals surface area contributed by atoms with Gasteiger partial charge in [0.2, 0.25) is 0 Å². The highest BCUT2D eigenvalue weighted by molar-refractivity contribution is 7.91. The van der Waals surface area contributed by atoms with Crippen molar-refractivity contribution in [1.82, 2.24) is 15.1 Å². The molecular formula is C20H32N4O3S. The van der Waals surface area contributed by atoms with Crippen LogP contribution in [0.3, 0.4) is 0 Å². The first kappa shape index (κ1) is 20.9. The van der Waals surface area contributed by atoms with E-state index in [4.69, 9.17) is 9.73 Å². The first-order valence-corrected chi connectivity index (χ1v) is 12.1. The molecule has 0 atom stereocenters. The number of hydrogen-bond donors (Lipinski definition) is 1. The van der Waals surface area contributed by atoms with Gasteiger partial charge in [0.15, 0.2) is 15.8 Å². The minimum absolute atomic E-state index is 0.247. The predicted molar refractivity (Wildman–Crippen MR) is 113 cm³/mol. The van der Waals surface area contributed by atoms with Crippen LogP contribution in [0.1, 0.15) is 19.8 Å².